The molecule has 0 spiro atoms. The van der Waals surface area contributed by atoms with Gasteiger partial charge in [0.25, 0.3) is 0 Å². The summed E-state index contributed by atoms with van der Waals surface area (Å²) in [5, 5.41) is 9.13. The number of rotatable bonds is 2. The Morgan fingerprint density at radius 1 is 1.29 bits per heavy atom. The minimum Gasteiger partial charge on any atom is -0.357 e. The number of hydrogen-bond donors (Lipinski definition) is 1. The summed E-state index contributed by atoms with van der Waals surface area (Å²) in [5.74, 6) is 0.622. The zero-order valence-corrected chi connectivity index (χ0v) is 10.2. The normalized spacial score (nSPS) is 25.9. The molecule has 0 radical (unpaired) electrons. The molecule has 0 bridgehead atoms. The Hall–Kier alpha value is -0.850. The van der Waals surface area contributed by atoms with Gasteiger partial charge >= 0.3 is 6.18 Å². The maximum absolute atomic E-state index is 12.3. The van der Waals surface area contributed by atoms with Gasteiger partial charge in [-0.1, -0.05) is 31.1 Å². The van der Waals surface area contributed by atoms with E-state index in [9.17, 15) is 13.2 Å². The van der Waals surface area contributed by atoms with Crippen molar-refractivity contribution >= 4 is 16.5 Å². The van der Waals surface area contributed by atoms with Crippen molar-refractivity contribution in [2.24, 2.45) is 5.92 Å². The minimum atomic E-state index is -4.39. The monoisotopic (exact) mass is 265 g/mol. The molecule has 0 saturated heterocycles. The van der Waals surface area contributed by atoms with Crippen molar-refractivity contribution in [1.82, 2.24) is 10.2 Å². The van der Waals surface area contributed by atoms with E-state index in [1.807, 2.05) is 0 Å². The summed E-state index contributed by atoms with van der Waals surface area (Å²) in [5.41, 5.74) is 0. The molecule has 1 aliphatic carbocycles. The van der Waals surface area contributed by atoms with Gasteiger partial charge < -0.3 is 5.32 Å². The smallest absolute Gasteiger partial charge is 0.357 e. The molecule has 1 N–H and O–H groups in total. The van der Waals surface area contributed by atoms with Crippen LogP contribution in [-0.2, 0) is 6.18 Å². The third kappa shape index (κ3) is 3.31. The van der Waals surface area contributed by atoms with Crippen LogP contribution < -0.4 is 5.32 Å². The van der Waals surface area contributed by atoms with Crippen LogP contribution in [0.15, 0.2) is 0 Å². The van der Waals surface area contributed by atoms with Gasteiger partial charge in [-0.2, -0.15) is 13.2 Å². The fourth-order valence-electron chi connectivity index (χ4n) is 2.14. The largest absolute Gasteiger partial charge is 0.445 e. The molecule has 1 fully saturated rings. The van der Waals surface area contributed by atoms with Gasteiger partial charge in [-0.3, -0.25) is 0 Å². The number of hydrogen-bond acceptors (Lipinski definition) is 4. The second kappa shape index (κ2) is 4.80. The molecule has 2 atom stereocenters. The number of halogens is 3. The highest BCUT2D eigenvalue weighted by Gasteiger charge is 2.35. The van der Waals surface area contributed by atoms with E-state index < -0.39 is 11.2 Å². The summed E-state index contributed by atoms with van der Waals surface area (Å²) in [7, 11) is 0. The van der Waals surface area contributed by atoms with Gasteiger partial charge in [0.05, 0.1) is 0 Å². The van der Waals surface area contributed by atoms with Crippen LogP contribution in [0.25, 0.3) is 0 Å². The van der Waals surface area contributed by atoms with E-state index in [0.29, 0.717) is 17.3 Å². The second-order valence-corrected chi connectivity index (χ2v) is 5.50. The zero-order chi connectivity index (χ0) is 12.5. The summed E-state index contributed by atoms with van der Waals surface area (Å²) < 4.78 is 37.0. The first-order valence-corrected chi connectivity index (χ1v) is 6.44. The summed E-state index contributed by atoms with van der Waals surface area (Å²) in [6.45, 7) is 2.16. The highest BCUT2D eigenvalue weighted by Crippen LogP contribution is 2.34. The third-order valence-electron chi connectivity index (χ3n) is 2.93. The van der Waals surface area contributed by atoms with Crippen LogP contribution in [0.5, 0.6) is 0 Å². The molecule has 3 nitrogen and oxygen atoms in total. The molecule has 1 heterocycles. The Labute approximate surface area is 101 Å². The molecule has 17 heavy (non-hydrogen) atoms. The molecule has 2 unspecified atom stereocenters. The van der Waals surface area contributed by atoms with Crippen molar-refractivity contribution < 1.29 is 13.2 Å². The average Bonchev–Trinajstić information content (AvgIpc) is 2.65. The van der Waals surface area contributed by atoms with Crippen molar-refractivity contribution in [1.29, 1.82) is 0 Å². The number of aromatic nitrogens is 2. The van der Waals surface area contributed by atoms with E-state index in [4.69, 9.17) is 0 Å². The van der Waals surface area contributed by atoms with Crippen LogP contribution in [-0.4, -0.2) is 16.2 Å². The number of anilines is 1. The van der Waals surface area contributed by atoms with Gasteiger partial charge in [-0.05, 0) is 18.8 Å². The molecule has 0 amide bonds. The topological polar surface area (TPSA) is 37.8 Å². The van der Waals surface area contributed by atoms with E-state index >= 15 is 0 Å². The van der Waals surface area contributed by atoms with Gasteiger partial charge in [0, 0.05) is 6.04 Å². The summed E-state index contributed by atoms with van der Waals surface area (Å²) in [6, 6.07) is 0.229. The summed E-state index contributed by atoms with van der Waals surface area (Å²) in [4.78, 5) is 0. The predicted molar refractivity (Wildman–Crippen MR) is 60.0 cm³/mol. The van der Waals surface area contributed by atoms with E-state index in [1.54, 1.807) is 0 Å². The molecule has 1 aromatic rings. The molecular weight excluding hydrogens is 251 g/mol. The van der Waals surface area contributed by atoms with Crippen molar-refractivity contribution in [3.8, 4) is 0 Å². The summed E-state index contributed by atoms with van der Waals surface area (Å²) in [6.07, 6.45) is -0.102. The SMILES string of the molecule is CC1CCCC(Nc2nnc(C(F)(F)F)s2)C1. The molecule has 1 saturated carbocycles. The first-order valence-electron chi connectivity index (χ1n) is 5.62. The molecule has 7 heteroatoms. The lowest BCUT2D eigenvalue weighted by atomic mass is 9.87. The number of alkyl halides is 3. The van der Waals surface area contributed by atoms with E-state index in [-0.39, 0.29) is 11.2 Å². The van der Waals surface area contributed by atoms with E-state index in [0.717, 1.165) is 19.3 Å². The quantitative estimate of drug-likeness (QED) is 0.888. The van der Waals surface area contributed by atoms with Gasteiger partial charge in [0.1, 0.15) is 0 Å². The van der Waals surface area contributed by atoms with Gasteiger partial charge in [-0.25, -0.2) is 0 Å². The van der Waals surface area contributed by atoms with Crippen LogP contribution in [0.4, 0.5) is 18.3 Å². The second-order valence-electron chi connectivity index (χ2n) is 4.52. The molecule has 0 aliphatic heterocycles. The van der Waals surface area contributed by atoms with Crippen LogP contribution in [0.3, 0.4) is 0 Å². The maximum atomic E-state index is 12.3. The standard InChI is InChI=1S/C10H14F3N3S/c1-6-3-2-4-7(5-6)14-9-16-15-8(17-9)10(11,12)13/h6-7H,2-5H2,1H3,(H,14,16). The molecule has 2 rings (SSSR count). The Kier molecular flexibility index (Phi) is 3.56. The van der Waals surface area contributed by atoms with Crippen LogP contribution in [0.1, 0.15) is 37.6 Å². The van der Waals surface area contributed by atoms with E-state index in [2.05, 4.69) is 22.4 Å². The Morgan fingerprint density at radius 3 is 2.65 bits per heavy atom. The minimum absolute atomic E-state index is 0.229. The van der Waals surface area contributed by atoms with Crippen molar-refractivity contribution in [2.75, 3.05) is 5.32 Å². The first-order chi connectivity index (χ1) is 7.95. The average molecular weight is 265 g/mol. The van der Waals surface area contributed by atoms with Crippen LogP contribution >= 0.6 is 11.3 Å². The van der Waals surface area contributed by atoms with Crippen LogP contribution in [0.2, 0.25) is 0 Å². The fraction of sp³-hybridized carbons (Fsp3) is 0.800. The Balaban J connectivity index is 1.97. The van der Waals surface area contributed by atoms with Crippen LogP contribution in [0, 0.1) is 5.92 Å². The summed E-state index contributed by atoms with van der Waals surface area (Å²) >= 11 is 0.576. The molecule has 0 aromatic carbocycles. The lowest BCUT2D eigenvalue weighted by molar-refractivity contribution is -0.138. The zero-order valence-electron chi connectivity index (χ0n) is 9.42. The van der Waals surface area contributed by atoms with Crippen molar-refractivity contribution in [2.45, 2.75) is 44.8 Å². The van der Waals surface area contributed by atoms with Crippen molar-refractivity contribution in [3.05, 3.63) is 5.01 Å². The third-order valence-corrected chi connectivity index (χ3v) is 3.83. The highest BCUT2D eigenvalue weighted by molar-refractivity contribution is 7.15. The van der Waals surface area contributed by atoms with Gasteiger partial charge in [0.2, 0.25) is 10.1 Å². The molecule has 1 aromatic heterocycles. The molecule has 1 aliphatic rings. The Morgan fingerprint density at radius 2 is 2.06 bits per heavy atom. The van der Waals surface area contributed by atoms with Crippen molar-refractivity contribution in [3.63, 3.8) is 0 Å². The lowest BCUT2D eigenvalue weighted by Gasteiger charge is -2.26. The van der Waals surface area contributed by atoms with E-state index in [1.165, 1.54) is 6.42 Å². The van der Waals surface area contributed by atoms with Gasteiger partial charge in [0.15, 0.2) is 0 Å². The highest BCUT2D eigenvalue weighted by atomic mass is 32.1. The fourth-order valence-corrected chi connectivity index (χ4v) is 2.82. The Bertz CT molecular complexity index is 377. The first kappa shape index (κ1) is 12.6. The lowest BCUT2D eigenvalue weighted by Crippen LogP contribution is -2.26. The predicted octanol–water partition coefficient (Wildman–Crippen LogP) is 3.55. The number of nitrogens with zero attached hydrogens (tertiary/aromatic N) is 2. The number of nitrogens with one attached hydrogen (secondary N) is 1. The molecular formula is C10H14F3N3S. The molecule has 96 valence electrons. The maximum Gasteiger partial charge on any atom is 0.445 e. The van der Waals surface area contributed by atoms with Gasteiger partial charge in [-0.15, -0.1) is 10.2 Å².